The van der Waals surface area contributed by atoms with E-state index in [4.69, 9.17) is 9.47 Å². The van der Waals surface area contributed by atoms with E-state index in [0.717, 1.165) is 59.6 Å². The number of esters is 1. The van der Waals surface area contributed by atoms with Gasteiger partial charge < -0.3 is 18.9 Å². The molecule has 0 spiro atoms. The topological polar surface area (TPSA) is 60.8 Å². The minimum absolute atomic E-state index is 0.109. The number of allylic oxidation sites excluding steroid dienone is 1. The molecular formula is C28H34N2O4. The van der Waals surface area contributed by atoms with Gasteiger partial charge in [0, 0.05) is 23.1 Å². The highest BCUT2D eigenvalue weighted by Gasteiger charge is 2.40. The highest BCUT2D eigenvalue weighted by molar-refractivity contribution is 6.16. The first-order chi connectivity index (χ1) is 16.3. The monoisotopic (exact) mass is 462 g/mol. The van der Waals surface area contributed by atoms with Crippen LogP contribution in [0, 0.1) is 20.8 Å². The van der Waals surface area contributed by atoms with Crippen molar-refractivity contribution in [3.63, 3.8) is 0 Å². The standard InChI is InChI=1S/C28H34N2O4/c1-17-12-13-25(33-5)24(14-17)29-18(2)15-21(19(29)3)16-23-26(28(32)34-6)20(4)30(27(23)31)22-10-8-7-9-11-22/h12-16,22H,7-11H2,1-6H3/b23-16-. The van der Waals surface area contributed by atoms with Crippen molar-refractivity contribution in [1.82, 2.24) is 9.47 Å². The minimum Gasteiger partial charge on any atom is -0.495 e. The van der Waals surface area contributed by atoms with Crippen molar-refractivity contribution in [2.75, 3.05) is 14.2 Å². The maximum absolute atomic E-state index is 13.6. The van der Waals surface area contributed by atoms with E-state index >= 15 is 0 Å². The van der Waals surface area contributed by atoms with Crippen LogP contribution >= 0.6 is 0 Å². The Morgan fingerprint density at radius 3 is 2.38 bits per heavy atom. The van der Waals surface area contributed by atoms with E-state index in [2.05, 4.69) is 10.6 Å². The molecular weight excluding hydrogens is 428 g/mol. The molecule has 6 heteroatoms. The Morgan fingerprint density at radius 2 is 1.74 bits per heavy atom. The molecule has 1 amide bonds. The van der Waals surface area contributed by atoms with E-state index in [0.29, 0.717) is 16.8 Å². The molecule has 1 fully saturated rings. The summed E-state index contributed by atoms with van der Waals surface area (Å²) in [5.74, 6) is 0.199. The number of ether oxygens (including phenoxy) is 2. The van der Waals surface area contributed by atoms with Gasteiger partial charge in [0.1, 0.15) is 5.75 Å². The lowest BCUT2D eigenvalue weighted by Crippen LogP contribution is -2.37. The normalized spacial score (nSPS) is 18.2. The molecule has 34 heavy (non-hydrogen) atoms. The Morgan fingerprint density at radius 1 is 1.03 bits per heavy atom. The van der Waals surface area contributed by atoms with Crippen LogP contribution in [-0.2, 0) is 14.3 Å². The molecule has 0 atom stereocenters. The van der Waals surface area contributed by atoms with Gasteiger partial charge in [0.15, 0.2) is 0 Å². The Kier molecular flexibility index (Phi) is 6.69. The summed E-state index contributed by atoms with van der Waals surface area (Å²) in [5.41, 5.74) is 6.44. The van der Waals surface area contributed by atoms with Crippen molar-refractivity contribution >= 4 is 18.0 Å². The summed E-state index contributed by atoms with van der Waals surface area (Å²) >= 11 is 0. The zero-order chi connectivity index (χ0) is 24.6. The summed E-state index contributed by atoms with van der Waals surface area (Å²) in [5, 5.41) is 0. The van der Waals surface area contributed by atoms with Crippen molar-refractivity contribution in [3.8, 4) is 11.4 Å². The predicted octanol–water partition coefficient (Wildman–Crippen LogP) is 5.42. The largest absolute Gasteiger partial charge is 0.495 e. The third-order valence-electron chi connectivity index (χ3n) is 7.12. The smallest absolute Gasteiger partial charge is 0.340 e. The van der Waals surface area contributed by atoms with Gasteiger partial charge in [-0.2, -0.15) is 0 Å². The summed E-state index contributed by atoms with van der Waals surface area (Å²) in [6.45, 7) is 7.96. The van der Waals surface area contributed by atoms with Crippen LogP contribution in [0.1, 0.15) is 61.5 Å². The molecule has 1 aromatic heterocycles. The van der Waals surface area contributed by atoms with E-state index in [1.165, 1.54) is 13.5 Å². The van der Waals surface area contributed by atoms with Crippen LogP contribution in [0.4, 0.5) is 0 Å². The maximum atomic E-state index is 13.6. The van der Waals surface area contributed by atoms with Crippen molar-refractivity contribution in [1.29, 1.82) is 0 Å². The lowest BCUT2D eigenvalue weighted by atomic mass is 9.94. The number of carbonyl (C=O) groups excluding carboxylic acids is 2. The second kappa shape index (κ2) is 9.53. The summed E-state index contributed by atoms with van der Waals surface area (Å²) in [6.07, 6.45) is 7.19. The lowest BCUT2D eigenvalue weighted by molar-refractivity contribution is -0.136. The Hall–Kier alpha value is -3.28. The van der Waals surface area contributed by atoms with E-state index < -0.39 is 5.97 Å². The molecule has 1 aliphatic carbocycles. The molecule has 2 aliphatic rings. The fraction of sp³-hybridized carbons (Fsp3) is 0.429. The number of aryl methyl sites for hydroxylation is 2. The molecule has 1 saturated carbocycles. The number of methoxy groups -OCH3 is 2. The first-order valence-electron chi connectivity index (χ1n) is 12.0. The number of hydrogen-bond acceptors (Lipinski definition) is 4. The fourth-order valence-electron chi connectivity index (χ4n) is 5.41. The third-order valence-corrected chi connectivity index (χ3v) is 7.12. The van der Waals surface area contributed by atoms with Crippen molar-refractivity contribution in [2.45, 2.75) is 65.8 Å². The van der Waals surface area contributed by atoms with E-state index in [1.54, 1.807) is 7.11 Å². The van der Waals surface area contributed by atoms with Crippen LogP contribution in [0.3, 0.4) is 0 Å². The molecule has 0 bridgehead atoms. The molecule has 0 radical (unpaired) electrons. The predicted molar refractivity (Wildman–Crippen MR) is 133 cm³/mol. The number of aromatic nitrogens is 1. The second-order valence-electron chi connectivity index (χ2n) is 9.31. The van der Waals surface area contributed by atoms with Gasteiger partial charge in [-0.15, -0.1) is 0 Å². The summed E-state index contributed by atoms with van der Waals surface area (Å²) in [6, 6.07) is 8.25. The molecule has 4 rings (SSSR count). The first kappa shape index (κ1) is 23.9. The summed E-state index contributed by atoms with van der Waals surface area (Å²) in [4.78, 5) is 28.3. The molecule has 1 aliphatic heterocycles. The van der Waals surface area contributed by atoms with E-state index in [9.17, 15) is 9.59 Å². The van der Waals surface area contributed by atoms with Gasteiger partial charge in [-0.25, -0.2) is 4.79 Å². The highest BCUT2D eigenvalue weighted by atomic mass is 16.5. The van der Waals surface area contributed by atoms with Gasteiger partial charge in [0.05, 0.1) is 31.1 Å². The number of carbonyl (C=O) groups is 2. The third kappa shape index (κ3) is 4.06. The Labute approximate surface area is 201 Å². The van der Waals surface area contributed by atoms with Gasteiger partial charge >= 0.3 is 5.97 Å². The number of benzene rings is 1. The highest BCUT2D eigenvalue weighted by Crippen LogP contribution is 2.38. The molecule has 180 valence electrons. The molecule has 0 N–H and O–H groups in total. The van der Waals surface area contributed by atoms with Crippen LogP contribution in [0.25, 0.3) is 11.8 Å². The average Bonchev–Trinajstić information content (AvgIpc) is 3.24. The van der Waals surface area contributed by atoms with Gasteiger partial charge in [-0.3, -0.25) is 4.79 Å². The molecule has 6 nitrogen and oxygen atoms in total. The first-order valence-corrected chi connectivity index (χ1v) is 12.0. The molecule has 0 saturated heterocycles. The SMILES string of the molecule is COC(=O)C1=C(C)N(C2CCCCC2)C(=O)/C1=C\c1cc(C)n(-c2cc(C)ccc2OC)c1C. The van der Waals surface area contributed by atoms with Gasteiger partial charge in [0.2, 0.25) is 0 Å². The number of nitrogens with zero attached hydrogens (tertiary/aromatic N) is 2. The Balaban J connectivity index is 1.82. The molecule has 0 unspecified atom stereocenters. The van der Waals surface area contributed by atoms with E-state index in [-0.39, 0.29) is 11.9 Å². The quantitative estimate of drug-likeness (QED) is 0.440. The minimum atomic E-state index is -0.468. The van der Waals surface area contributed by atoms with Crippen LogP contribution in [0.2, 0.25) is 0 Å². The van der Waals surface area contributed by atoms with Crippen molar-refractivity contribution in [3.05, 3.63) is 63.6 Å². The molecule has 2 aromatic rings. The zero-order valence-corrected chi connectivity index (χ0v) is 21.0. The van der Waals surface area contributed by atoms with Gasteiger partial charge in [0.25, 0.3) is 5.91 Å². The van der Waals surface area contributed by atoms with Crippen molar-refractivity contribution < 1.29 is 19.1 Å². The second-order valence-corrected chi connectivity index (χ2v) is 9.31. The summed E-state index contributed by atoms with van der Waals surface area (Å²) in [7, 11) is 3.03. The maximum Gasteiger partial charge on any atom is 0.340 e. The van der Waals surface area contributed by atoms with Gasteiger partial charge in [-0.05, 0) is 75.9 Å². The molecule has 2 heterocycles. The van der Waals surface area contributed by atoms with Crippen LogP contribution in [-0.4, -0.2) is 41.6 Å². The van der Waals surface area contributed by atoms with E-state index in [1.807, 2.05) is 56.9 Å². The number of hydrogen-bond donors (Lipinski definition) is 0. The van der Waals surface area contributed by atoms with Crippen LogP contribution < -0.4 is 4.74 Å². The zero-order valence-electron chi connectivity index (χ0n) is 21.0. The number of rotatable bonds is 5. The fourth-order valence-corrected chi connectivity index (χ4v) is 5.41. The number of amides is 1. The lowest BCUT2D eigenvalue weighted by Gasteiger charge is -2.32. The van der Waals surface area contributed by atoms with Crippen LogP contribution in [0.5, 0.6) is 5.75 Å². The molecule has 1 aromatic carbocycles. The summed E-state index contributed by atoms with van der Waals surface area (Å²) < 4.78 is 12.8. The van der Waals surface area contributed by atoms with Gasteiger partial charge in [-0.1, -0.05) is 25.3 Å². The average molecular weight is 463 g/mol. The Bertz CT molecular complexity index is 1200. The van der Waals surface area contributed by atoms with Crippen molar-refractivity contribution in [2.24, 2.45) is 0 Å². The van der Waals surface area contributed by atoms with Crippen LogP contribution in [0.15, 0.2) is 41.1 Å².